The third-order valence-corrected chi connectivity index (χ3v) is 8.70. The van der Waals surface area contributed by atoms with Gasteiger partial charge in [-0.25, -0.2) is 4.79 Å². The van der Waals surface area contributed by atoms with Gasteiger partial charge in [-0.2, -0.15) is 0 Å². The fourth-order valence-corrected chi connectivity index (χ4v) is 6.28. The number of hydrogen-bond donors (Lipinski definition) is 2. The maximum atomic E-state index is 14.2. The van der Waals surface area contributed by atoms with E-state index in [-0.39, 0.29) is 17.3 Å². The number of fused-ring (bicyclic) bond motifs is 3. The first-order valence-corrected chi connectivity index (χ1v) is 14.8. The molecule has 3 rings (SSSR count). The van der Waals surface area contributed by atoms with Gasteiger partial charge in [0.15, 0.2) is 5.78 Å². The molecule has 40 heavy (non-hydrogen) atoms. The molecule has 1 saturated carbocycles. The Kier molecular flexibility index (Phi) is 9.74. The SMILES string of the molecule is CC(=O)C(=O)[C@@H]1CCCCCCCCOC(C)(C)[C@H](NC(=O)OC(C)(C)C)C(=O)N2C[C@H]3[C@@H]([C@H]2C(=O)N1)C3(C)C. The van der Waals surface area contributed by atoms with Gasteiger partial charge >= 0.3 is 6.09 Å². The molecule has 0 bridgehead atoms. The van der Waals surface area contributed by atoms with Gasteiger partial charge in [0.1, 0.15) is 17.7 Å². The predicted octanol–water partition coefficient (Wildman–Crippen LogP) is 3.55. The average molecular weight is 564 g/mol. The standard InChI is InChI=1S/C30H49N3O7/c1-18(34)23(35)20-15-13-11-9-10-12-14-16-39-30(7,8)24(32-27(38)40-28(2,3)4)26(37)33-17-19-21(29(19,5)6)22(33)25(36)31-20/h19-22,24H,9-17H2,1-8H3,(H,31,36)(H,32,38)/t19-,20-,21-,22-,24+/m0/s1. The summed E-state index contributed by atoms with van der Waals surface area (Å²) in [6.07, 6.45) is 4.91. The summed E-state index contributed by atoms with van der Waals surface area (Å²) in [5.41, 5.74) is -2.01. The molecule has 0 radical (unpaired) electrons. The van der Waals surface area contributed by atoms with Crippen molar-refractivity contribution in [3.8, 4) is 0 Å². The van der Waals surface area contributed by atoms with Crippen LogP contribution in [0.5, 0.6) is 0 Å². The normalized spacial score (nSPS) is 31.2. The number of ketones is 2. The summed E-state index contributed by atoms with van der Waals surface area (Å²) in [7, 11) is 0. The van der Waals surface area contributed by atoms with Crippen molar-refractivity contribution in [1.82, 2.24) is 15.5 Å². The second kappa shape index (κ2) is 12.2. The molecule has 2 saturated heterocycles. The fourth-order valence-electron chi connectivity index (χ4n) is 6.28. The van der Waals surface area contributed by atoms with E-state index in [9.17, 15) is 24.0 Å². The van der Waals surface area contributed by atoms with E-state index in [1.165, 1.54) is 11.8 Å². The van der Waals surface area contributed by atoms with Crippen LogP contribution in [0.1, 0.15) is 100 Å². The zero-order valence-electron chi connectivity index (χ0n) is 25.6. The Morgan fingerprint density at radius 3 is 2.20 bits per heavy atom. The number of rotatable bonds is 3. The maximum absolute atomic E-state index is 14.2. The van der Waals surface area contributed by atoms with Gasteiger partial charge in [0.25, 0.3) is 0 Å². The lowest BCUT2D eigenvalue weighted by molar-refractivity contribution is -0.149. The Bertz CT molecular complexity index is 1000. The molecule has 3 aliphatic rings. The third kappa shape index (κ3) is 7.42. The van der Waals surface area contributed by atoms with Crippen LogP contribution in [0.4, 0.5) is 4.79 Å². The van der Waals surface area contributed by atoms with Gasteiger partial charge in [0.05, 0.1) is 11.6 Å². The Hall–Kier alpha value is -2.49. The van der Waals surface area contributed by atoms with Crippen LogP contribution < -0.4 is 10.6 Å². The van der Waals surface area contributed by atoms with Gasteiger partial charge in [0.2, 0.25) is 17.6 Å². The molecule has 5 atom stereocenters. The Morgan fingerprint density at radius 1 is 1.00 bits per heavy atom. The lowest BCUT2D eigenvalue weighted by atomic mass is 9.94. The number of hydrogen-bond acceptors (Lipinski definition) is 7. The summed E-state index contributed by atoms with van der Waals surface area (Å²) in [4.78, 5) is 67.2. The van der Waals surface area contributed by atoms with E-state index < -0.39 is 58.8 Å². The van der Waals surface area contributed by atoms with Gasteiger partial charge in [-0.15, -0.1) is 0 Å². The average Bonchev–Trinajstić information content (AvgIpc) is 3.15. The van der Waals surface area contributed by atoms with Crippen molar-refractivity contribution < 1.29 is 33.4 Å². The van der Waals surface area contributed by atoms with E-state index >= 15 is 0 Å². The highest BCUT2D eigenvalue weighted by molar-refractivity contribution is 6.38. The van der Waals surface area contributed by atoms with Gasteiger partial charge < -0.3 is 25.0 Å². The minimum atomic E-state index is -1.11. The van der Waals surface area contributed by atoms with Crippen molar-refractivity contribution in [2.45, 2.75) is 130 Å². The van der Waals surface area contributed by atoms with Gasteiger partial charge in [-0.3, -0.25) is 19.2 Å². The maximum Gasteiger partial charge on any atom is 0.408 e. The molecule has 0 aromatic carbocycles. The van der Waals surface area contributed by atoms with E-state index in [0.29, 0.717) is 26.0 Å². The second-order valence-electron chi connectivity index (χ2n) is 13.8. The number of amides is 3. The number of piperidine rings is 1. The second-order valence-corrected chi connectivity index (χ2v) is 13.8. The topological polar surface area (TPSA) is 131 Å². The summed E-state index contributed by atoms with van der Waals surface area (Å²) < 4.78 is 11.7. The number of alkyl carbamates (subject to hydrolysis) is 1. The minimum absolute atomic E-state index is 0.0992. The predicted molar refractivity (Wildman–Crippen MR) is 149 cm³/mol. The van der Waals surface area contributed by atoms with Crippen LogP contribution in [0, 0.1) is 17.3 Å². The fraction of sp³-hybridized carbons (Fsp3) is 0.833. The van der Waals surface area contributed by atoms with Crippen LogP contribution in [-0.4, -0.2) is 76.9 Å². The molecule has 10 nitrogen and oxygen atoms in total. The first kappa shape index (κ1) is 32.0. The van der Waals surface area contributed by atoms with Gasteiger partial charge in [0, 0.05) is 20.1 Å². The number of nitrogens with one attached hydrogen (secondary N) is 2. The van der Waals surface area contributed by atoms with Crippen LogP contribution >= 0.6 is 0 Å². The molecular weight excluding hydrogens is 514 g/mol. The van der Waals surface area contributed by atoms with E-state index in [1.54, 1.807) is 34.6 Å². The van der Waals surface area contributed by atoms with Crippen LogP contribution in [0.25, 0.3) is 0 Å². The molecule has 3 fully saturated rings. The Balaban J connectivity index is 1.96. The summed E-state index contributed by atoms with van der Waals surface area (Å²) >= 11 is 0. The molecule has 0 aromatic rings. The van der Waals surface area contributed by atoms with Crippen molar-refractivity contribution in [1.29, 1.82) is 0 Å². The zero-order chi connectivity index (χ0) is 30.0. The molecule has 226 valence electrons. The highest BCUT2D eigenvalue weighted by Gasteiger charge is 2.70. The lowest BCUT2D eigenvalue weighted by Crippen LogP contribution is -2.63. The summed E-state index contributed by atoms with van der Waals surface area (Å²) in [5, 5.41) is 5.58. The molecule has 3 amide bonds. The zero-order valence-corrected chi connectivity index (χ0v) is 25.6. The number of carbonyl (C=O) groups excluding carboxylic acids is 5. The molecule has 1 aliphatic carbocycles. The number of carbonyl (C=O) groups is 5. The van der Waals surface area contributed by atoms with Crippen molar-refractivity contribution in [2.24, 2.45) is 17.3 Å². The van der Waals surface area contributed by atoms with Crippen molar-refractivity contribution in [3.05, 3.63) is 0 Å². The number of Topliss-reactive ketones (excluding diaryl/α,β-unsaturated/α-hetero) is 2. The quantitative estimate of drug-likeness (QED) is 0.502. The summed E-state index contributed by atoms with van der Waals surface area (Å²) in [5.74, 6) is -2.08. The number of ether oxygens (including phenoxy) is 2. The molecule has 10 heteroatoms. The first-order chi connectivity index (χ1) is 18.5. The molecular formula is C30H49N3O7. The molecule has 0 unspecified atom stereocenters. The smallest absolute Gasteiger partial charge is 0.408 e. The highest BCUT2D eigenvalue weighted by atomic mass is 16.6. The van der Waals surface area contributed by atoms with E-state index in [4.69, 9.17) is 9.47 Å². The van der Waals surface area contributed by atoms with Crippen LogP contribution in [0.3, 0.4) is 0 Å². The van der Waals surface area contributed by atoms with Crippen molar-refractivity contribution in [3.63, 3.8) is 0 Å². The Morgan fingerprint density at radius 2 is 1.60 bits per heavy atom. The van der Waals surface area contributed by atoms with Crippen LogP contribution in [-0.2, 0) is 28.7 Å². The van der Waals surface area contributed by atoms with Gasteiger partial charge in [-0.05, 0) is 64.7 Å². The first-order valence-electron chi connectivity index (χ1n) is 14.8. The van der Waals surface area contributed by atoms with Crippen molar-refractivity contribution in [2.75, 3.05) is 13.2 Å². The third-order valence-electron chi connectivity index (χ3n) is 8.70. The lowest BCUT2D eigenvalue weighted by Gasteiger charge is -2.39. The minimum Gasteiger partial charge on any atom is -0.444 e. The summed E-state index contributed by atoms with van der Waals surface area (Å²) in [6, 6.07) is -2.86. The van der Waals surface area contributed by atoms with Gasteiger partial charge in [-0.1, -0.05) is 46.0 Å². The highest BCUT2D eigenvalue weighted by Crippen LogP contribution is 2.65. The monoisotopic (exact) mass is 563 g/mol. The Labute approximate surface area is 238 Å². The summed E-state index contributed by atoms with van der Waals surface area (Å²) in [6.45, 7) is 14.9. The van der Waals surface area contributed by atoms with Crippen LogP contribution in [0.15, 0.2) is 0 Å². The van der Waals surface area contributed by atoms with Crippen molar-refractivity contribution >= 4 is 29.5 Å². The molecule has 2 heterocycles. The largest absolute Gasteiger partial charge is 0.444 e. The van der Waals surface area contributed by atoms with E-state index in [0.717, 1.165) is 32.1 Å². The van der Waals surface area contributed by atoms with E-state index in [2.05, 4.69) is 24.5 Å². The molecule has 2 N–H and O–H groups in total. The molecule has 0 spiro atoms. The molecule has 0 aromatic heterocycles. The molecule has 2 aliphatic heterocycles. The number of nitrogens with zero attached hydrogens (tertiary/aromatic N) is 1. The van der Waals surface area contributed by atoms with Crippen LogP contribution in [0.2, 0.25) is 0 Å². The van der Waals surface area contributed by atoms with E-state index in [1.807, 2.05) is 0 Å².